The second-order valence-electron chi connectivity index (χ2n) is 7.30. The molecule has 0 aliphatic rings. The van der Waals surface area contributed by atoms with Gasteiger partial charge in [-0.2, -0.15) is 0 Å². The monoisotopic (exact) mass is 397 g/mol. The highest BCUT2D eigenvalue weighted by Gasteiger charge is 2.11. The van der Waals surface area contributed by atoms with Gasteiger partial charge in [0.15, 0.2) is 0 Å². The predicted octanol–water partition coefficient (Wildman–Crippen LogP) is 4.25. The Labute approximate surface area is 173 Å². The summed E-state index contributed by atoms with van der Waals surface area (Å²) in [7, 11) is 0. The van der Waals surface area contributed by atoms with E-state index in [0.717, 1.165) is 26.1 Å². The summed E-state index contributed by atoms with van der Waals surface area (Å²) >= 11 is 0. The van der Waals surface area contributed by atoms with Gasteiger partial charge in [-0.15, -0.1) is 0 Å². The summed E-state index contributed by atoms with van der Waals surface area (Å²) in [5.41, 5.74) is 8.36. The zero-order chi connectivity index (χ0) is 21.1. The van der Waals surface area contributed by atoms with E-state index in [4.69, 9.17) is 5.73 Å². The zero-order valence-electron chi connectivity index (χ0n) is 17.3. The highest BCUT2D eigenvalue weighted by atomic mass is 19.1. The summed E-state index contributed by atoms with van der Waals surface area (Å²) in [6.45, 7) is 10.2. The molecular weight excluding hydrogens is 365 g/mol. The van der Waals surface area contributed by atoms with E-state index in [1.165, 1.54) is 17.7 Å². The Morgan fingerprint density at radius 1 is 1.17 bits per heavy atom. The standard InChI is InChI=1S/C23H32FN5/c1-18(15-19(2)28-23-16-21(24)9-10-22(23)25)27-12-14-29(13-11-26-3)17-20-7-5-4-6-8-20/h4-11,13,16,18-19,27-28H,3,12,14-15,17,25H2,1-2H3/b13-11-. The highest BCUT2D eigenvalue weighted by Crippen LogP contribution is 2.21. The molecule has 0 aromatic heterocycles. The van der Waals surface area contributed by atoms with Crippen molar-refractivity contribution in [3.8, 4) is 0 Å². The number of nitrogens with two attached hydrogens (primary N) is 1. The summed E-state index contributed by atoms with van der Waals surface area (Å²) in [5.74, 6) is -0.291. The molecule has 6 heteroatoms. The third-order valence-electron chi connectivity index (χ3n) is 4.63. The molecule has 0 aliphatic heterocycles. The number of nitrogens with zero attached hydrogens (tertiary/aromatic N) is 2. The smallest absolute Gasteiger partial charge is 0.125 e. The first-order valence-corrected chi connectivity index (χ1v) is 9.93. The molecule has 0 aliphatic carbocycles. The molecule has 2 aromatic rings. The first-order chi connectivity index (χ1) is 14.0. The van der Waals surface area contributed by atoms with Gasteiger partial charge in [0.05, 0.1) is 11.4 Å². The number of nitrogen functional groups attached to an aromatic ring is 1. The summed E-state index contributed by atoms with van der Waals surface area (Å²) in [6.07, 6.45) is 4.56. The summed E-state index contributed by atoms with van der Waals surface area (Å²) in [6, 6.07) is 15.2. The van der Waals surface area contributed by atoms with Gasteiger partial charge in [0, 0.05) is 44.1 Å². The van der Waals surface area contributed by atoms with Crippen LogP contribution in [0.1, 0.15) is 25.8 Å². The fourth-order valence-electron chi connectivity index (χ4n) is 3.21. The number of benzene rings is 2. The van der Waals surface area contributed by atoms with Crippen LogP contribution in [0.3, 0.4) is 0 Å². The molecule has 0 spiro atoms. The normalized spacial score (nSPS) is 13.2. The van der Waals surface area contributed by atoms with Gasteiger partial charge < -0.3 is 21.3 Å². The van der Waals surface area contributed by atoms with Crippen molar-refractivity contribution in [3.05, 3.63) is 72.3 Å². The molecule has 2 rings (SSSR count). The molecule has 0 saturated carbocycles. The number of halogens is 1. The van der Waals surface area contributed by atoms with Crippen molar-refractivity contribution < 1.29 is 4.39 Å². The van der Waals surface area contributed by atoms with Gasteiger partial charge in [0.25, 0.3) is 0 Å². The minimum absolute atomic E-state index is 0.159. The molecule has 0 fully saturated rings. The Kier molecular flexibility index (Phi) is 9.18. The lowest BCUT2D eigenvalue weighted by atomic mass is 10.1. The molecule has 0 amide bonds. The second-order valence-corrected chi connectivity index (χ2v) is 7.30. The van der Waals surface area contributed by atoms with Crippen molar-refractivity contribution in [1.29, 1.82) is 0 Å². The Morgan fingerprint density at radius 2 is 1.93 bits per heavy atom. The van der Waals surface area contributed by atoms with E-state index in [1.807, 2.05) is 24.4 Å². The Hall–Kier alpha value is -2.86. The van der Waals surface area contributed by atoms with E-state index in [2.05, 4.69) is 53.2 Å². The number of anilines is 2. The zero-order valence-corrected chi connectivity index (χ0v) is 17.3. The molecule has 2 unspecified atom stereocenters. The van der Waals surface area contributed by atoms with Crippen molar-refractivity contribution in [2.45, 2.75) is 38.9 Å². The molecule has 0 bridgehead atoms. The maximum atomic E-state index is 13.4. The average molecular weight is 398 g/mol. The molecule has 4 N–H and O–H groups in total. The van der Waals surface area contributed by atoms with Crippen LogP contribution in [0.15, 0.2) is 65.9 Å². The SMILES string of the molecule is C=N/C=C\N(CCNC(C)CC(C)Nc1cc(F)ccc1N)Cc1ccccc1. The van der Waals surface area contributed by atoms with E-state index < -0.39 is 0 Å². The van der Waals surface area contributed by atoms with Crippen molar-refractivity contribution in [2.75, 3.05) is 24.1 Å². The second kappa shape index (κ2) is 11.9. The molecule has 5 nitrogen and oxygen atoms in total. The van der Waals surface area contributed by atoms with Crippen LogP contribution in [0.4, 0.5) is 15.8 Å². The van der Waals surface area contributed by atoms with Crippen LogP contribution >= 0.6 is 0 Å². The quantitative estimate of drug-likeness (QED) is 0.370. The fraction of sp³-hybridized carbons (Fsp3) is 0.348. The van der Waals surface area contributed by atoms with Crippen LogP contribution in [0, 0.1) is 5.82 Å². The average Bonchev–Trinajstić information content (AvgIpc) is 2.69. The summed E-state index contributed by atoms with van der Waals surface area (Å²) in [4.78, 5) is 6.02. The fourth-order valence-corrected chi connectivity index (χ4v) is 3.21. The topological polar surface area (TPSA) is 65.7 Å². The lowest BCUT2D eigenvalue weighted by molar-refractivity contribution is 0.350. The highest BCUT2D eigenvalue weighted by molar-refractivity contribution is 5.66. The van der Waals surface area contributed by atoms with Gasteiger partial charge >= 0.3 is 0 Å². The van der Waals surface area contributed by atoms with Gasteiger partial charge in [-0.1, -0.05) is 30.3 Å². The van der Waals surface area contributed by atoms with Crippen LogP contribution in [0.5, 0.6) is 0 Å². The molecule has 29 heavy (non-hydrogen) atoms. The largest absolute Gasteiger partial charge is 0.397 e. The van der Waals surface area contributed by atoms with E-state index in [-0.39, 0.29) is 11.9 Å². The Balaban J connectivity index is 1.78. The summed E-state index contributed by atoms with van der Waals surface area (Å²) < 4.78 is 13.4. The molecule has 156 valence electrons. The van der Waals surface area contributed by atoms with Gasteiger partial charge in [0.1, 0.15) is 5.82 Å². The predicted molar refractivity (Wildman–Crippen MR) is 122 cm³/mol. The molecule has 0 radical (unpaired) electrons. The van der Waals surface area contributed by atoms with Crippen LogP contribution in [-0.2, 0) is 6.54 Å². The van der Waals surface area contributed by atoms with Crippen molar-refractivity contribution in [2.24, 2.45) is 4.99 Å². The number of nitrogens with one attached hydrogen (secondary N) is 2. The van der Waals surface area contributed by atoms with Gasteiger partial charge in [0.2, 0.25) is 0 Å². The van der Waals surface area contributed by atoms with Crippen LogP contribution in [-0.4, -0.2) is 36.8 Å². The minimum atomic E-state index is -0.291. The van der Waals surface area contributed by atoms with E-state index >= 15 is 0 Å². The van der Waals surface area contributed by atoms with Crippen molar-refractivity contribution in [1.82, 2.24) is 10.2 Å². The third kappa shape index (κ3) is 8.35. The lowest BCUT2D eigenvalue weighted by Crippen LogP contribution is -2.36. The summed E-state index contributed by atoms with van der Waals surface area (Å²) in [5, 5.41) is 6.85. The molecule has 2 aromatic carbocycles. The Bertz CT molecular complexity index is 778. The lowest BCUT2D eigenvalue weighted by Gasteiger charge is -2.24. The first-order valence-electron chi connectivity index (χ1n) is 9.93. The Morgan fingerprint density at radius 3 is 2.66 bits per heavy atom. The number of aliphatic imine (C=N–C) groups is 1. The van der Waals surface area contributed by atoms with Crippen LogP contribution in [0.25, 0.3) is 0 Å². The van der Waals surface area contributed by atoms with Gasteiger partial charge in [-0.3, -0.25) is 4.99 Å². The van der Waals surface area contributed by atoms with Gasteiger partial charge in [-0.05, 0) is 50.7 Å². The van der Waals surface area contributed by atoms with E-state index in [1.54, 1.807) is 12.3 Å². The maximum Gasteiger partial charge on any atom is 0.125 e. The van der Waals surface area contributed by atoms with Crippen molar-refractivity contribution in [3.63, 3.8) is 0 Å². The van der Waals surface area contributed by atoms with Crippen LogP contribution < -0.4 is 16.4 Å². The third-order valence-corrected chi connectivity index (χ3v) is 4.63. The number of hydrogen-bond acceptors (Lipinski definition) is 5. The number of rotatable bonds is 12. The van der Waals surface area contributed by atoms with E-state index in [9.17, 15) is 4.39 Å². The molecule has 0 heterocycles. The van der Waals surface area contributed by atoms with Crippen LogP contribution in [0.2, 0.25) is 0 Å². The molecule has 0 saturated heterocycles. The van der Waals surface area contributed by atoms with Crippen molar-refractivity contribution >= 4 is 18.1 Å². The maximum absolute atomic E-state index is 13.4. The molecule has 2 atom stereocenters. The van der Waals surface area contributed by atoms with Gasteiger partial charge in [-0.25, -0.2) is 4.39 Å². The first kappa shape index (κ1) is 22.4. The number of hydrogen-bond donors (Lipinski definition) is 3. The molecular formula is C23H32FN5. The van der Waals surface area contributed by atoms with E-state index in [0.29, 0.717) is 17.4 Å². The minimum Gasteiger partial charge on any atom is -0.397 e.